The van der Waals surface area contributed by atoms with E-state index in [1.165, 1.54) is 21.6 Å². The van der Waals surface area contributed by atoms with Crippen LogP contribution in [0.3, 0.4) is 0 Å². The van der Waals surface area contributed by atoms with E-state index in [0.717, 1.165) is 45.6 Å². The number of ether oxygens (including phenoxy) is 5. The van der Waals surface area contributed by atoms with Gasteiger partial charge in [-0.05, 0) is 82.3 Å². The molecule has 8 rings (SSSR count). The van der Waals surface area contributed by atoms with Gasteiger partial charge in [-0.2, -0.15) is 0 Å². The van der Waals surface area contributed by atoms with Gasteiger partial charge in [0.25, 0.3) is 0 Å². The van der Waals surface area contributed by atoms with Crippen molar-refractivity contribution in [2.24, 2.45) is 0 Å². The first-order valence-electron chi connectivity index (χ1n) is 21.8. The number of aryl methyl sites for hydroxylation is 1. The third kappa shape index (κ3) is 12.5. The Bertz CT molecular complexity index is 2400. The van der Waals surface area contributed by atoms with Crippen molar-refractivity contribution in [3.05, 3.63) is 238 Å². The maximum atomic E-state index is 7.25. The van der Waals surface area contributed by atoms with Crippen LogP contribution in [0.5, 0.6) is 5.75 Å². The van der Waals surface area contributed by atoms with Gasteiger partial charge in [-0.15, -0.1) is 23.5 Å². The fourth-order valence-electron chi connectivity index (χ4n) is 8.02. The van der Waals surface area contributed by atoms with Crippen LogP contribution in [0.25, 0.3) is 0 Å². The van der Waals surface area contributed by atoms with Crippen LogP contribution in [-0.4, -0.2) is 36.4 Å². The topological polar surface area (TPSA) is 46.2 Å². The molecule has 0 unspecified atom stereocenters. The summed E-state index contributed by atoms with van der Waals surface area (Å²) in [6, 6.07) is 65.4. The average molecular weight is 873 g/mol. The summed E-state index contributed by atoms with van der Waals surface area (Å²) in [7, 11) is 0. The van der Waals surface area contributed by atoms with Crippen molar-refractivity contribution in [1.82, 2.24) is 0 Å². The highest BCUT2D eigenvalue weighted by Crippen LogP contribution is 2.50. The molecular formula is C56H56O5S2. The molecule has 0 aliphatic carbocycles. The minimum absolute atomic E-state index is 0.120. The third-order valence-electron chi connectivity index (χ3n) is 11.4. The van der Waals surface area contributed by atoms with Gasteiger partial charge in [-0.3, -0.25) is 0 Å². The second-order valence-electron chi connectivity index (χ2n) is 16.0. The Morgan fingerprint density at radius 2 is 0.937 bits per heavy atom. The van der Waals surface area contributed by atoms with Crippen LogP contribution >= 0.6 is 23.5 Å². The Kier molecular flexibility index (Phi) is 16.2. The van der Waals surface area contributed by atoms with Crippen molar-refractivity contribution in [3.8, 4) is 5.75 Å². The number of benzene rings is 7. The van der Waals surface area contributed by atoms with Crippen molar-refractivity contribution in [2.45, 2.75) is 80.1 Å². The first-order valence-corrected chi connectivity index (χ1v) is 23.9. The van der Waals surface area contributed by atoms with E-state index in [2.05, 4.69) is 171 Å². The van der Waals surface area contributed by atoms with Crippen molar-refractivity contribution in [2.75, 3.05) is 12.9 Å². The highest BCUT2D eigenvalue weighted by molar-refractivity contribution is 8.00. The van der Waals surface area contributed by atoms with Gasteiger partial charge in [0, 0.05) is 10.5 Å². The second kappa shape index (κ2) is 23.0. The number of thioether (sulfide) groups is 2. The highest BCUT2D eigenvalue weighted by atomic mass is 32.2. The summed E-state index contributed by atoms with van der Waals surface area (Å²) in [5, 5.41) is -0.328. The van der Waals surface area contributed by atoms with Gasteiger partial charge in [-0.25, -0.2) is 0 Å². The summed E-state index contributed by atoms with van der Waals surface area (Å²) >= 11 is 3.62. The normalized spacial score (nSPS) is 18.5. The molecule has 322 valence electrons. The Morgan fingerprint density at radius 3 is 1.44 bits per heavy atom. The summed E-state index contributed by atoms with van der Waals surface area (Å²) in [6.07, 6.45) is 1.63. The molecule has 7 heteroatoms. The summed E-state index contributed by atoms with van der Waals surface area (Å²) in [4.78, 5) is 1.25. The van der Waals surface area contributed by atoms with Gasteiger partial charge in [0.2, 0.25) is 0 Å². The van der Waals surface area contributed by atoms with E-state index in [9.17, 15) is 0 Å². The van der Waals surface area contributed by atoms with E-state index < -0.39 is 12.2 Å². The SMILES string of the molecule is CSc1ccc(Cc2cc([C@@H]3S[C@H](COCc4ccccc4)[C@@H](OCc4ccccc4)[C@H](OCc4ccccc4)[C@H]3OCc3ccccc3)c(OCc3ccccc3)cc2C)cc1. The molecular weight excluding hydrogens is 817 g/mol. The van der Waals surface area contributed by atoms with Crippen molar-refractivity contribution in [3.63, 3.8) is 0 Å². The molecule has 5 nitrogen and oxygen atoms in total. The van der Waals surface area contributed by atoms with Crippen molar-refractivity contribution >= 4 is 23.5 Å². The van der Waals surface area contributed by atoms with Crippen LogP contribution in [0, 0.1) is 6.92 Å². The monoisotopic (exact) mass is 872 g/mol. The molecule has 7 aromatic carbocycles. The lowest BCUT2D eigenvalue weighted by Crippen LogP contribution is -2.54. The zero-order valence-electron chi connectivity index (χ0n) is 36.1. The predicted octanol–water partition coefficient (Wildman–Crippen LogP) is 13.0. The molecule has 0 saturated carbocycles. The van der Waals surface area contributed by atoms with Crippen LogP contribution in [0.2, 0.25) is 0 Å². The Hall–Kier alpha value is -5.12. The maximum Gasteiger partial charge on any atom is 0.124 e. The van der Waals surface area contributed by atoms with E-state index in [1.807, 2.05) is 42.1 Å². The van der Waals surface area contributed by atoms with E-state index in [4.69, 9.17) is 23.7 Å². The van der Waals surface area contributed by atoms with Crippen LogP contribution < -0.4 is 4.74 Å². The van der Waals surface area contributed by atoms with Crippen molar-refractivity contribution < 1.29 is 23.7 Å². The highest BCUT2D eigenvalue weighted by Gasteiger charge is 2.49. The molecule has 1 saturated heterocycles. The second-order valence-corrected chi connectivity index (χ2v) is 18.3. The molecule has 63 heavy (non-hydrogen) atoms. The van der Waals surface area contributed by atoms with Gasteiger partial charge in [0.1, 0.15) is 30.7 Å². The number of rotatable bonds is 20. The van der Waals surface area contributed by atoms with Gasteiger partial charge in [0.05, 0.1) is 43.5 Å². The Balaban J connectivity index is 1.23. The zero-order valence-corrected chi connectivity index (χ0v) is 37.7. The molecule has 1 heterocycles. The van der Waals surface area contributed by atoms with Gasteiger partial charge in [0.15, 0.2) is 0 Å². The minimum atomic E-state index is -0.472. The molecule has 0 radical (unpaired) electrons. The van der Waals surface area contributed by atoms with Gasteiger partial charge < -0.3 is 23.7 Å². The molecule has 0 bridgehead atoms. The maximum absolute atomic E-state index is 7.25. The van der Waals surface area contributed by atoms with Crippen LogP contribution in [-0.2, 0) is 58.4 Å². The third-order valence-corrected chi connectivity index (χ3v) is 13.8. The largest absolute Gasteiger partial charge is 0.489 e. The van der Waals surface area contributed by atoms with Crippen LogP contribution in [0.1, 0.15) is 55.3 Å². The molecule has 1 aliphatic rings. The lowest BCUT2D eigenvalue weighted by atomic mass is 9.91. The predicted molar refractivity (Wildman–Crippen MR) is 258 cm³/mol. The minimum Gasteiger partial charge on any atom is -0.489 e. The summed E-state index contributed by atoms with van der Waals surface area (Å²) in [6.45, 7) is 4.82. The van der Waals surface area contributed by atoms with E-state index in [-0.39, 0.29) is 16.6 Å². The fourth-order valence-corrected chi connectivity index (χ4v) is 10.1. The van der Waals surface area contributed by atoms with E-state index in [1.54, 1.807) is 11.8 Å². The standard InChI is InChI=1S/C56H56O5S2/c1-41-32-51(58-36-44-20-10-4-11-21-44)50(34-48(41)33-42-28-30-49(62-2)31-29-42)56-55(61-39-47-26-16-7-17-27-47)54(60-38-46-24-14-6-15-25-46)53(59-37-45-22-12-5-13-23-45)52(63-56)40-57-35-43-18-8-3-9-19-43/h3-32,34,52-56H,33,35-40H2,1-2H3/t52-,53-,54+,55-,56+/m1/s1. The van der Waals surface area contributed by atoms with Crippen LogP contribution in [0.4, 0.5) is 0 Å². The molecule has 1 aliphatic heterocycles. The summed E-state index contributed by atoms with van der Waals surface area (Å²) in [5.41, 5.74) is 10.3. The lowest BCUT2D eigenvalue weighted by molar-refractivity contribution is -0.160. The summed E-state index contributed by atoms with van der Waals surface area (Å²) < 4.78 is 35.1. The quantitative estimate of drug-likeness (QED) is 0.0707. The van der Waals surface area contributed by atoms with E-state index >= 15 is 0 Å². The van der Waals surface area contributed by atoms with Gasteiger partial charge >= 0.3 is 0 Å². The molecule has 0 aromatic heterocycles. The first-order chi connectivity index (χ1) is 31.1. The zero-order chi connectivity index (χ0) is 43.1. The average Bonchev–Trinajstić information content (AvgIpc) is 3.34. The smallest absolute Gasteiger partial charge is 0.124 e. The van der Waals surface area contributed by atoms with Gasteiger partial charge in [-0.1, -0.05) is 170 Å². The number of hydrogen-bond donors (Lipinski definition) is 0. The lowest BCUT2D eigenvalue weighted by Gasteiger charge is -2.46. The molecule has 0 N–H and O–H groups in total. The molecule has 0 spiro atoms. The Labute approximate surface area is 382 Å². The molecule has 1 fully saturated rings. The molecule has 5 atom stereocenters. The molecule has 7 aromatic rings. The first kappa shape index (κ1) is 44.5. The summed E-state index contributed by atoms with van der Waals surface area (Å²) in [5.74, 6) is 0.845. The fraction of sp³-hybridized carbons (Fsp3) is 0.250. The molecule has 0 amide bonds. The van der Waals surface area contributed by atoms with Crippen LogP contribution in [0.15, 0.2) is 193 Å². The Morgan fingerprint density at radius 1 is 0.476 bits per heavy atom. The number of hydrogen-bond acceptors (Lipinski definition) is 7. The van der Waals surface area contributed by atoms with E-state index in [0.29, 0.717) is 39.6 Å². The van der Waals surface area contributed by atoms with Crippen molar-refractivity contribution in [1.29, 1.82) is 0 Å².